The monoisotopic (exact) mass is 380 g/mol. The van der Waals surface area contributed by atoms with E-state index in [1.807, 2.05) is 0 Å². The maximum Gasteiger partial charge on any atom is 0.104 e. The second kappa shape index (κ2) is 6.47. The minimum Gasteiger partial charge on any atom is -0.368 e. The summed E-state index contributed by atoms with van der Waals surface area (Å²) >= 11 is 0. The molecular weight excluding hydrogens is 344 g/mol. The summed E-state index contributed by atoms with van der Waals surface area (Å²) in [6.07, 6.45) is 2.47. The van der Waals surface area contributed by atoms with Gasteiger partial charge in [-0.25, -0.2) is 0 Å². The normalized spacial score (nSPS) is 29.3. The van der Waals surface area contributed by atoms with E-state index in [2.05, 4.69) is 99.3 Å². The largest absolute Gasteiger partial charge is 0.368 e. The molecule has 4 heteroatoms. The van der Waals surface area contributed by atoms with Gasteiger partial charge in [0, 0.05) is 34.9 Å². The fourth-order valence-electron chi connectivity index (χ4n) is 5.52. The number of fused-ring (bicyclic) bond motifs is 2. The molecule has 1 N–H and O–H groups in total. The Morgan fingerprint density at radius 2 is 1.79 bits per heavy atom. The average molecular weight is 381 g/mol. The molecule has 3 aliphatic rings. The molecule has 0 spiro atoms. The lowest BCUT2D eigenvalue weighted by molar-refractivity contribution is 0.320. The van der Waals surface area contributed by atoms with Crippen molar-refractivity contribution in [2.75, 3.05) is 9.80 Å². The Kier molecular flexibility index (Phi) is 4.44. The van der Waals surface area contributed by atoms with Gasteiger partial charge in [-0.3, -0.25) is 0 Å². The van der Waals surface area contributed by atoms with Gasteiger partial charge in [-0.05, 0) is 59.6 Å². The summed E-state index contributed by atoms with van der Waals surface area (Å²) in [6.45, 7) is 20.6. The number of rotatable bonds is 4. The molecule has 4 rings (SSSR count). The van der Waals surface area contributed by atoms with Crippen LogP contribution in [-0.4, -0.2) is 29.2 Å². The van der Waals surface area contributed by atoms with Gasteiger partial charge < -0.3 is 20.0 Å². The summed E-state index contributed by atoms with van der Waals surface area (Å²) in [7, 11) is 0. The smallest absolute Gasteiger partial charge is 0.104 e. The van der Waals surface area contributed by atoms with Crippen molar-refractivity contribution in [2.45, 2.75) is 85.6 Å². The second-order valence-electron chi connectivity index (χ2n) is 9.37. The standard InChI is InChI=1S/C24H36N4/c1-9-19-23(24(8)14-22(24)25-17(6)26(19)15(2)3)28-18(7)27(16(4)5)20-12-10-11-13-21(20)28/h10-13,15-16,18,22,25H,6,9,14H2,1-5,7-8H3/t18?,22-,24?/m1/s1. The van der Waals surface area contributed by atoms with Gasteiger partial charge in [0.25, 0.3) is 0 Å². The number of hydrogen-bond acceptors (Lipinski definition) is 4. The highest BCUT2D eigenvalue weighted by Crippen LogP contribution is 2.59. The van der Waals surface area contributed by atoms with Crippen molar-refractivity contribution in [1.29, 1.82) is 0 Å². The van der Waals surface area contributed by atoms with E-state index in [9.17, 15) is 0 Å². The van der Waals surface area contributed by atoms with Crippen LogP contribution in [0.15, 0.2) is 48.1 Å². The van der Waals surface area contributed by atoms with Crippen LogP contribution in [0.4, 0.5) is 11.4 Å². The fraction of sp³-hybridized carbons (Fsp3) is 0.583. The number of allylic oxidation sites excluding steroid dienone is 1. The molecule has 0 bridgehead atoms. The van der Waals surface area contributed by atoms with E-state index >= 15 is 0 Å². The highest BCUT2D eigenvalue weighted by atomic mass is 15.4. The van der Waals surface area contributed by atoms with E-state index in [0.29, 0.717) is 24.3 Å². The average Bonchev–Trinajstić information content (AvgIpc) is 3.18. The number of para-hydroxylation sites is 2. The van der Waals surface area contributed by atoms with Crippen molar-refractivity contribution >= 4 is 11.4 Å². The van der Waals surface area contributed by atoms with E-state index in [-0.39, 0.29) is 5.41 Å². The molecular formula is C24H36N4. The van der Waals surface area contributed by atoms with Gasteiger partial charge in [0.2, 0.25) is 0 Å². The van der Waals surface area contributed by atoms with Crippen LogP contribution in [0.2, 0.25) is 0 Å². The number of hydrogen-bond donors (Lipinski definition) is 1. The quantitative estimate of drug-likeness (QED) is 0.770. The first kappa shape index (κ1) is 19.2. The van der Waals surface area contributed by atoms with Crippen molar-refractivity contribution in [1.82, 2.24) is 10.2 Å². The Balaban J connectivity index is 1.94. The summed E-state index contributed by atoms with van der Waals surface area (Å²) in [4.78, 5) is 7.62. The van der Waals surface area contributed by atoms with Crippen LogP contribution in [0, 0.1) is 5.41 Å². The topological polar surface area (TPSA) is 21.8 Å². The number of nitrogens with zero attached hydrogens (tertiary/aromatic N) is 3. The van der Waals surface area contributed by atoms with Crippen LogP contribution in [0.1, 0.15) is 61.3 Å². The maximum absolute atomic E-state index is 4.40. The molecule has 1 saturated carbocycles. The van der Waals surface area contributed by atoms with E-state index in [1.165, 1.54) is 29.2 Å². The Bertz CT molecular complexity index is 824. The van der Waals surface area contributed by atoms with Crippen molar-refractivity contribution in [3.05, 3.63) is 48.1 Å². The SMILES string of the molecule is C=C1N[C@@H]2CC2(C)C(N2c3ccccc3N(C(C)C)C2C)=C(CC)N1C(C)C. The molecule has 1 aromatic rings. The van der Waals surface area contributed by atoms with Crippen molar-refractivity contribution in [3.63, 3.8) is 0 Å². The van der Waals surface area contributed by atoms with Crippen LogP contribution in [0.5, 0.6) is 0 Å². The van der Waals surface area contributed by atoms with Crippen LogP contribution in [-0.2, 0) is 0 Å². The molecule has 1 fully saturated rings. The minimum absolute atomic E-state index is 0.145. The first-order valence-electron chi connectivity index (χ1n) is 10.9. The molecule has 3 atom stereocenters. The van der Waals surface area contributed by atoms with E-state index in [4.69, 9.17) is 0 Å². The Labute approximate surface area is 170 Å². The third-order valence-electron chi connectivity index (χ3n) is 6.82. The van der Waals surface area contributed by atoms with Crippen LogP contribution >= 0.6 is 0 Å². The molecule has 0 aromatic heterocycles. The second-order valence-corrected chi connectivity index (χ2v) is 9.37. The summed E-state index contributed by atoms with van der Waals surface area (Å²) in [5, 5.41) is 3.73. The van der Waals surface area contributed by atoms with Gasteiger partial charge in [0.15, 0.2) is 0 Å². The highest BCUT2D eigenvalue weighted by molar-refractivity contribution is 5.81. The molecule has 2 unspecified atom stereocenters. The predicted octanol–water partition coefficient (Wildman–Crippen LogP) is 5.25. The van der Waals surface area contributed by atoms with Gasteiger partial charge >= 0.3 is 0 Å². The van der Waals surface area contributed by atoms with E-state index in [1.54, 1.807) is 0 Å². The first-order chi connectivity index (χ1) is 13.2. The Hall–Kier alpha value is -2.10. The van der Waals surface area contributed by atoms with E-state index < -0.39 is 0 Å². The molecule has 2 heterocycles. The third-order valence-corrected chi connectivity index (χ3v) is 6.82. The minimum atomic E-state index is 0.145. The van der Waals surface area contributed by atoms with Gasteiger partial charge in [0.1, 0.15) is 6.17 Å². The van der Waals surface area contributed by atoms with Crippen LogP contribution < -0.4 is 15.1 Å². The molecule has 4 nitrogen and oxygen atoms in total. The summed E-state index contributed by atoms with van der Waals surface area (Å²) < 4.78 is 0. The lowest BCUT2D eigenvalue weighted by Crippen LogP contribution is -2.46. The maximum atomic E-state index is 4.40. The molecule has 2 aliphatic heterocycles. The van der Waals surface area contributed by atoms with Crippen molar-refractivity contribution in [2.24, 2.45) is 5.41 Å². The number of benzene rings is 1. The number of nitrogens with one attached hydrogen (secondary N) is 1. The van der Waals surface area contributed by atoms with Gasteiger partial charge in [-0.2, -0.15) is 0 Å². The summed E-state index contributed by atoms with van der Waals surface area (Å²) in [6, 6.07) is 10.2. The van der Waals surface area contributed by atoms with Crippen LogP contribution in [0.25, 0.3) is 0 Å². The zero-order chi connectivity index (χ0) is 20.4. The number of anilines is 2. The Morgan fingerprint density at radius 1 is 1.14 bits per heavy atom. The lowest BCUT2D eigenvalue weighted by atomic mass is 9.97. The Morgan fingerprint density at radius 3 is 2.36 bits per heavy atom. The molecule has 0 amide bonds. The lowest BCUT2D eigenvalue weighted by Gasteiger charge is -2.40. The molecule has 1 aliphatic carbocycles. The highest BCUT2D eigenvalue weighted by Gasteiger charge is 2.59. The van der Waals surface area contributed by atoms with Gasteiger partial charge in [-0.15, -0.1) is 0 Å². The van der Waals surface area contributed by atoms with Gasteiger partial charge in [-0.1, -0.05) is 32.6 Å². The predicted molar refractivity (Wildman–Crippen MR) is 119 cm³/mol. The summed E-state index contributed by atoms with van der Waals surface area (Å²) in [5.74, 6) is 1.05. The molecule has 0 saturated heterocycles. The fourth-order valence-corrected chi connectivity index (χ4v) is 5.52. The molecule has 0 radical (unpaired) electrons. The molecule has 1 aromatic carbocycles. The zero-order valence-electron chi connectivity index (χ0n) is 18.6. The van der Waals surface area contributed by atoms with E-state index in [0.717, 1.165) is 12.2 Å². The van der Waals surface area contributed by atoms with Gasteiger partial charge in [0.05, 0.1) is 17.2 Å². The molecule has 152 valence electrons. The van der Waals surface area contributed by atoms with Crippen LogP contribution in [0.3, 0.4) is 0 Å². The first-order valence-corrected chi connectivity index (χ1v) is 10.9. The molecule has 28 heavy (non-hydrogen) atoms. The zero-order valence-corrected chi connectivity index (χ0v) is 18.6. The van der Waals surface area contributed by atoms with Crippen molar-refractivity contribution in [3.8, 4) is 0 Å². The third kappa shape index (κ3) is 2.57. The van der Waals surface area contributed by atoms with Crippen molar-refractivity contribution < 1.29 is 0 Å². The summed E-state index contributed by atoms with van der Waals surface area (Å²) in [5.41, 5.74) is 5.74.